The van der Waals surface area contributed by atoms with E-state index < -0.39 is 0 Å². The fourth-order valence-corrected chi connectivity index (χ4v) is 2.08. The lowest BCUT2D eigenvalue weighted by molar-refractivity contribution is 0.0707. The van der Waals surface area contributed by atoms with E-state index in [1.165, 1.54) is 25.3 Å². The van der Waals surface area contributed by atoms with E-state index in [4.69, 9.17) is 9.84 Å². The number of amides is 1. The number of methoxy groups -OCH3 is 1. The number of benzene rings is 1. The Morgan fingerprint density at radius 2 is 2.26 bits per heavy atom. The van der Waals surface area contributed by atoms with Crippen LogP contribution in [0.5, 0.6) is 0 Å². The first-order valence-electron chi connectivity index (χ1n) is 6.36. The fraction of sp³-hybridized carbons (Fsp3) is 0.500. The van der Waals surface area contributed by atoms with Crippen molar-refractivity contribution in [3.8, 4) is 0 Å². The van der Waals surface area contributed by atoms with Gasteiger partial charge in [0.15, 0.2) is 0 Å². The number of carbonyl (C=O) groups excluding carboxylic acids is 1. The van der Waals surface area contributed by atoms with Crippen molar-refractivity contribution in [3.05, 3.63) is 35.1 Å². The van der Waals surface area contributed by atoms with Gasteiger partial charge in [-0.1, -0.05) is 0 Å². The molecule has 0 radical (unpaired) electrons. The summed E-state index contributed by atoms with van der Waals surface area (Å²) in [6, 6.07) is 4.50. The number of nitrogens with zero attached hydrogens (tertiary/aromatic N) is 1. The van der Waals surface area contributed by atoms with Crippen molar-refractivity contribution in [1.82, 2.24) is 4.90 Å². The number of hydrogen-bond acceptors (Lipinski definition) is 3. The number of halogens is 1. The first kappa shape index (κ1) is 14.0. The van der Waals surface area contributed by atoms with Crippen LogP contribution in [-0.2, 0) is 11.3 Å². The molecule has 104 valence electrons. The third-order valence-corrected chi connectivity index (χ3v) is 3.18. The number of ether oxygens (including phenoxy) is 1. The first-order chi connectivity index (χ1) is 9.17. The van der Waals surface area contributed by atoms with Crippen molar-refractivity contribution in [3.63, 3.8) is 0 Å². The average molecular weight is 267 g/mol. The molecule has 1 aromatic rings. The average Bonchev–Trinajstić information content (AvgIpc) is 3.22. The Bertz CT molecular complexity index is 460. The Morgan fingerprint density at radius 1 is 1.53 bits per heavy atom. The minimum Gasteiger partial charge on any atom is -0.395 e. The van der Waals surface area contributed by atoms with Crippen molar-refractivity contribution in [2.45, 2.75) is 25.5 Å². The van der Waals surface area contributed by atoms with Crippen LogP contribution < -0.4 is 0 Å². The number of hydrogen-bond donors (Lipinski definition) is 1. The highest BCUT2D eigenvalue weighted by atomic mass is 19.1. The molecule has 1 aliphatic carbocycles. The predicted molar refractivity (Wildman–Crippen MR) is 68.3 cm³/mol. The predicted octanol–water partition coefficient (Wildman–Crippen LogP) is 1.57. The molecule has 0 bridgehead atoms. The molecule has 19 heavy (non-hydrogen) atoms. The highest BCUT2D eigenvalue weighted by molar-refractivity contribution is 5.94. The van der Waals surface area contributed by atoms with Crippen LogP contribution in [0.3, 0.4) is 0 Å². The third-order valence-electron chi connectivity index (χ3n) is 3.18. The zero-order valence-electron chi connectivity index (χ0n) is 10.9. The zero-order chi connectivity index (χ0) is 13.8. The molecule has 0 spiro atoms. The Balaban J connectivity index is 2.19. The number of aliphatic hydroxyl groups is 1. The summed E-state index contributed by atoms with van der Waals surface area (Å²) >= 11 is 0. The first-order valence-corrected chi connectivity index (χ1v) is 6.36. The maximum atomic E-state index is 13.5. The lowest BCUT2D eigenvalue weighted by Gasteiger charge is -2.21. The van der Waals surface area contributed by atoms with E-state index >= 15 is 0 Å². The SMILES string of the molecule is COCc1cc(C(=O)N(CCO)C2CC2)ccc1F. The van der Waals surface area contributed by atoms with Gasteiger partial charge in [-0.2, -0.15) is 0 Å². The molecule has 1 fully saturated rings. The molecule has 0 unspecified atom stereocenters. The Morgan fingerprint density at radius 3 is 2.84 bits per heavy atom. The highest BCUT2D eigenvalue weighted by Gasteiger charge is 2.32. The molecular weight excluding hydrogens is 249 g/mol. The fourth-order valence-electron chi connectivity index (χ4n) is 2.08. The van der Waals surface area contributed by atoms with Crippen LogP contribution in [0.2, 0.25) is 0 Å². The number of aliphatic hydroxyl groups excluding tert-OH is 1. The van der Waals surface area contributed by atoms with Gasteiger partial charge in [-0.3, -0.25) is 4.79 Å². The van der Waals surface area contributed by atoms with Crippen molar-refractivity contribution in [1.29, 1.82) is 0 Å². The monoisotopic (exact) mass is 267 g/mol. The van der Waals surface area contributed by atoms with E-state index in [2.05, 4.69) is 0 Å². The van der Waals surface area contributed by atoms with Gasteiger partial charge in [-0.25, -0.2) is 4.39 Å². The second-order valence-electron chi connectivity index (χ2n) is 4.69. The Hall–Kier alpha value is -1.46. The van der Waals surface area contributed by atoms with Gasteiger partial charge in [0.25, 0.3) is 5.91 Å². The molecule has 0 heterocycles. The van der Waals surface area contributed by atoms with Gasteiger partial charge >= 0.3 is 0 Å². The van der Waals surface area contributed by atoms with E-state index in [9.17, 15) is 9.18 Å². The van der Waals surface area contributed by atoms with Crippen molar-refractivity contribution in [2.24, 2.45) is 0 Å². The standard InChI is InChI=1S/C14H18FNO3/c1-19-9-11-8-10(2-5-13(11)15)14(18)16(6-7-17)12-3-4-12/h2,5,8,12,17H,3-4,6-7,9H2,1H3. The maximum Gasteiger partial charge on any atom is 0.254 e. The van der Waals surface area contributed by atoms with Gasteiger partial charge in [-0.05, 0) is 31.0 Å². The van der Waals surface area contributed by atoms with Gasteiger partial charge in [0.1, 0.15) is 5.82 Å². The summed E-state index contributed by atoms with van der Waals surface area (Å²) in [6.45, 7) is 0.394. The van der Waals surface area contributed by atoms with Crippen LogP contribution in [0, 0.1) is 5.82 Å². The molecule has 2 rings (SSSR count). The van der Waals surface area contributed by atoms with Gasteiger partial charge in [0, 0.05) is 30.8 Å². The van der Waals surface area contributed by atoms with Gasteiger partial charge in [0.2, 0.25) is 0 Å². The van der Waals surface area contributed by atoms with E-state index in [0.29, 0.717) is 17.7 Å². The number of carbonyl (C=O) groups is 1. The second-order valence-corrected chi connectivity index (χ2v) is 4.69. The van der Waals surface area contributed by atoms with Gasteiger partial charge in [-0.15, -0.1) is 0 Å². The summed E-state index contributed by atoms with van der Waals surface area (Å²) in [5.74, 6) is -0.535. The Kier molecular flexibility index (Phi) is 4.50. The maximum absolute atomic E-state index is 13.5. The lowest BCUT2D eigenvalue weighted by atomic mass is 10.1. The molecule has 1 saturated carbocycles. The molecule has 4 nitrogen and oxygen atoms in total. The van der Waals surface area contributed by atoms with Crippen LogP contribution in [-0.4, -0.2) is 42.2 Å². The topological polar surface area (TPSA) is 49.8 Å². The summed E-state index contributed by atoms with van der Waals surface area (Å²) < 4.78 is 18.4. The van der Waals surface area contributed by atoms with E-state index in [1.807, 2.05) is 0 Å². The van der Waals surface area contributed by atoms with Crippen LogP contribution in [0.15, 0.2) is 18.2 Å². The zero-order valence-corrected chi connectivity index (χ0v) is 10.9. The summed E-state index contributed by atoms with van der Waals surface area (Å²) in [6.07, 6.45) is 1.94. The number of rotatable bonds is 6. The highest BCUT2D eigenvalue weighted by Crippen LogP contribution is 2.28. The molecule has 1 aliphatic rings. The van der Waals surface area contributed by atoms with Crippen molar-refractivity contribution in [2.75, 3.05) is 20.3 Å². The Labute approximate surface area is 111 Å². The minimum atomic E-state index is -0.376. The lowest BCUT2D eigenvalue weighted by Crippen LogP contribution is -2.35. The smallest absolute Gasteiger partial charge is 0.254 e. The quantitative estimate of drug-likeness (QED) is 0.851. The van der Waals surface area contributed by atoms with Crippen LogP contribution in [0.25, 0.3) is 0 Å². The largest absolute Gasteiger partial charge is 0.395 e. The van der Waals surface area contributed by atoms with Crippen LogP contribution in [0.1, 0.15) is 28.8 Å². The molecule has 0 aromatic heterocycles. The molecular formula is C14H18FNO3. The minimum absolute atomic E-state index is 0.0611. The summed E-state index contributed by atoms with van der Waals surface area (Å²) in [5, 5.41) is 9.02. The normalized spacial score (nSPS) is 14.5. The van der Waals surface area contributed by atoms with Crippen LogP contribution in [0.4, 0.5) is 4.39 Å². The van der Waals surface area contributed by atoms with Crippen molar-refractivity contribution >= 4 is 5.91 Å². The van der Waals surface area contributed by atoms with E-state index in [0.717, 1.165) is 12.8 Å². The van der Waals surface area contributed by atoms with Gasteiger partial charge < -0.3 is 14.7 Å². The molecule has 0 atom stereocenters. The van der Waals surface area contributed by atoms with Gasteiger partial charge in [0.05, 0.1) is 13.2 Å². The molecule has 1 amide bonds. The molecule has 5 heteroatoms. The van der Waals surface area contributed by atoms with E-state index in [1.54, 1.807) is 4.90 Å². The molecule has 1 N–H and O–H groups in total. The summed E-state index contributed by atoms with van der Waals surface area (Å²) in [7, 11) is 1.48. The van der Waals surface area contributed by atoms with Crippen molar-refractivity contribution < 1.29 is 19.0 Å². The second kappa shape index (κ2) is 6.12. The summed E-state index contributed by atoms with van der Waals surface area (Å²) in [4.78, 5) is 14.0. The molecule has 0 aliphatic heterocycles. The van der Waals surface area contributed by atoms with E-state index in [-0.39, 0.29) is 31.0 Å². The van der Waals surface area contributed by atoms with Crippen LogP contribution >= 0.6 is 0 Å². The summed E-state index contributed by atoms with van der Waals surface area (Å²) in [5.41, 5.74) is 0.807. The molecule has 0 saturated heterocycles. The molecule has 1 aromatic carbocycles. The third kappa shape index (κ3) is 3.30.